The van der Waals surface area contributed by atoms with E-state index in [2.05, 4.69) is 36.6 Å². The third-order valence-electron chi connectivity index (χ3n) is 15.7. The Morgan fingerprint density at radius 2 is 1.15 bits per heavy atom. The third-order valence-corrected chi connectivity index (χ3v) is 15.7. The lowest BCUT2D eigenvalue weighted by molar-refractivity contribution is -0.386. The molecule has 23 heteroatoms. The molecule has 3 heterocycles. The van der Waals surface area contributed by atoms with Crippen LogP contribution in [-0.2, 0) is 42.8 Å². The average molecular weight is 1170 g/mol. The number of aliphatic hydroxyl groups excluding tert-OH is 11. The molecule has 0 bridgehead atoms. The predicted octanol–water partition coefficient (Wildman–Crippen LogP) is 2.78. The first-order valence-electron chi connectivity index (χ1n) is 30.5. The smallest absolute Gasteiger partial charge is 0.364 e. The molecule has 3 aliphatic heterocycles. The number of nitrogens with one attached hydrogen (secondary N) is 2. The van der Waals surface area contributed by atoms with Crippen molar-refractivity contribution >= 4 is 17.8 Å². The highest BCUT2D eigenvalue weighted by molar-refractivity contribution is 5.77. The quantitative estimate of drug-likeness (QED) is 0.0308. The molecule has 23 nitrogen and oxygen atoms in total. The van der Waals surface area contributed by atoms with Crippen LogP contribution in [0.4, 0.5) is 0 Å². The Bertz CT molecular complexity index is 1720. The van der Waals surface area contributed by atoms with Gasteiger partial charge in [0.05, 0.1) is 50.7 Å². The maximum Gasteiger partial charge on any atom is 0.364 e. The van der Waals surface area contributed by atoms with Crippen molar-refractivity contribution in [1.82, 2.24) is 10.6 Å². The molecule has 3 rings (SSSR count). The number of hydrogen-bond donors (Lipinski definition) is 14. The topological polar surface area (TPSA) is 373 Å². The van der Waals surface area contributed by atoms with E-state index in [4.69, 9.17) is 28.4 Å². The zero-order chi connectivity index (χ0) is 59.7. The molecule has 0 saturated carbocycles. The summed E-state index contributed by atoms with van der Waals surface area (Å²) in [6, 6.07) is -2.53. The normalized spacial score (nSPS) is 30.5. The molecular weight excluding hydrogens is 1060 g/mol. The molecule has 14 N–H and O–H groups in total. The van der Waals surface area contributed by atoms with E-state index in [1.54, 1.807) is 0 Å². The van der Waals surface area contributed by atoms with Gasteiger partial charge in [-0.1, -0.05) is 154 Å². The van der Waals surface area contributed by atoms with Gasteiger partial charge in [-0.05, 0) is 38.5 Å². The molecule has 3 fully saturated rings. The number of unbranched alkanes of at least 4 members (excludes halogenated alkanes) is 22. The molecule has 0 aliphatic carbocycles. The number of allylic oxidation sites excluding steroid dienone is 2. The summed E-state index contributed by atoms with van der Waals surface area (Å²) in [4.78, 5) is 38.4. The Kier molecular flexibility index (Phi) is 36.6. The minimum Gasteiger partial charge on any atom is -0.477 e. The maximum atomic E-state index is 13.4. The molecule has 0 spiro atoms. The van der Waals surface area contributed by atoms with E-state index < -0.39 is 148 Å². The number of aliphatic carboxylic acids is 1. The Morgan fingerprint density at radius 3 is 1.67 bits per heavy atom. The second-order valence-electron chi connectivity index (χ2n) is 22.6. The fraction of sp³-hybridized carbons (Fsp3) is 0.914. The fourth-order valence-electron chi connectivity index (χ4n) is 10.8. The van der Waals surface area contributed by atoms with Crippen LogP contribution in [0.15, 0.2) is 12.2 Å². The zero-order valence-electron chi connectivity index (χ0n) is 48.6. The summed E-state index contributed by atoms with van der Waals surface area (Å²) in [5.41, 5.74) is 0. The van der Waals surface area contributed by atoms with Gasteiger partial charge < -0.3 is 100 Å². The van der Waals surface area contributed by atoms with E-state index in [-0.39, 0.29) is 18.9 Å². The van der Waals surface area contributed by atoms with Crippen molar-refractivity contribution < 1.29 is 104 Å². The minimum atomic E-state index is -3.08. The molecular formula is C58H106N2O21. The Balaban J connectivity index is 1.64. The van der Waals surface area contributed by atoms with Crippen molar-refractivity contribution in [3.05, 3.63) is 12.2 Å². The third kappa shape index (κ3) is 25.1. The van der Waals surface area contributed by atoms with E-state index in [0.29, 0.717) is 19.3 Å². The van der Waals surface area contributed by atoms with Gasteiger partial charge in [0, 0.05) is 19.8 Å². The average Bonchev–Trinajstić information content (AvgIpc) is 3.48. The molecule has 18 unspecified atom stereocenters. The molecule has 0 aromatic carbocycles. The summed E-state index contributed by atoms with van der Waals surface area (Å²) in [6.45, 7) is 2.13. The number of carboxylic acids is 1. The summed E-state index contributed by atoms with van der Waals surface area (Å²) >= 11 is 0. The van der Waals surface area contributed by atoms with Crippen LogP contribution in [0.3, 0.4) is 0 Å². The first-order valence-corrected chi connectivity index (χ1v) is 30.5. The lowest BCUT2D eigenvalue weighted by atomic mass is 9.88. The van der Waals surface area contributed by atoms with Gasteiger partial charge >= 0.3 is 5.97 Å². The van der Waals surface area contributed by atoms with E-state index in [1.807, 2.05) is 0 Å². The summed E-state index contributed by atoms with van der Waals surface area (Å²) in [5.74, 6) is -6.11. The number of hydrogen-bond acceptors (Lipinski definition) is 20. The highest BCUT2D eigenvalue weighted by Crippen LogP contribution is 2.38. The molecule has 3 aliphatic rings. The molecule has 0 aromatic heterocycles. The monoisotopic (exact) mass is 1170 g/mol. The van der Waals surface area contributed by atoms with Gasteiger partial charge in [-0.3, -0.25) is 9.59 Å². The number of ether oxygens (including phenoxy) is 6. The highest BCUT2D eigenvalue weighted by atomic mass is 16.8. The summed E-state index contributed by atoms with van der Waals surface area (Å²) < 4.78 is 34.7. The second kappa shape index (κ2) is 40.7. The number of rotatable bonds is 44. The van der Waals surface area contributed by atoms with Crippen molar-refractivity contribution in [3.63, 3.8) is 0 Å². The van der Waals surface area contributed by atoms with Crippen LogP contribution >= 0.6 is 0 Å². The van der Waals surface area contributed by atoms with Crippen LogP contribution in [-0.4, -0.2) is 215 Å². The number of aliphatic hydroxyl groups is 11. The van der Waals surface area contributed by atoms with Crippen LogP contribution in [0, 0.1) is 0 Å². The molecule has 18 atom stereocenters. The van der Waals surface area contributed by atoms with E-state index in [0.717, 1.165) is 84.0 Å². The molecule has 3 saturated heterocycles. The van der Waals surface area contributed by atoms with Crippen LogP contribution in [0.2, 0.25) is 0 Å². The van der Waals surface area contributed by atoms with Gasteiger partial charge in [0.1, 0.15) is 67.1 Å². The van der Waals surface area contributed by atoms with Crippen molar-refractivity contribution in [2.24, 2.45) is 0 Å². The second-order valence-corrected chi connectivity index (χ2v) is 22.6. The zero-order valence-corrected chi connectivity index (χ0v) is 48.6. The number of carbonyl (C=O) groups excluding carboxylic acids is 2. The number of carbonyl (C=O) groups is 3. The van der Waals surface area contributed by atoms with Crippen molar-refractivity contribution in [3.8, 4) is 0 Å². The molecule has 0 aromatic rings. The van der Waals surface area contributed by atoms with E-state index in [9.17, 15) is 75.7 Å². The lowest BCUT2D eigenvalue weighted by Gasteiger charge is -2.50. The molecule has 2 amide bonds. The van der Waals surface area contributed by atoms with E-state index in [1.165, 1.54) is 70.6 Å². The van der Waals surface area contributed by atoms with Gasteiger partial charge in [-0.25, -0.2) is 4.79 Å². The van der Waals surface area contributed by atoms with Gasteiger partial charge in [-0.15, -0.1) is 0 Å². The van der Waals surface area contributed by atoms with Crippen LogP contribution < -0.4 is 10.6 Å². The van der Waals surface area contributed by atoms with Crippen LogP contribution in [0.25, 0.3) is 0 Å². The summed E-state index contributed by atoms with van der Waals surface area (Å²) in [5, 5.41) is 135. The number of carboxylic acid groups (broad SMARTS) is 1. The van der Waals surface area contributed by atoms with Gasteiger partial charge in [0.15, 0.2) is 12.6 Å². The molecule has 81 heavy (non-hydrogen) atoms. The van der Waals surface area contributed by atoms with Gasteiger partial charge in [0.25, 0.3) is 5.79 Å². The van der Waals surface area contributed by atoms with Crippen LogP contribution in [0.1, 0.15) is 201 Å². The minimum absolute atomic E-state index is 0.219. The maximum absolute atomic E-state index is 13.4. The Hall–Kier alpha value is -2.53. The summed E-state index contributed by atoms with van der Waals surface area (Å²) in [7, 11) is 0. The standard InChI is InChI=1S/C58H106N2O21/c1-4-6-8-10-12-14-16-17-18-19-20-21-22-24-26-28-30-32-45(68)60-39(40(65)31-29-27-25-23-15-13-11-9-7-5-2)37-76-55-50(72)49(71)52(44(36-63)78-55)79-56-51(73)54(48(70)43(35-62)77-56)81-58(57(74)75)33-41(66)46(59-38(3)64)53(80-58)47(69)42(67)34-61/h17-18,39-44,46-56,61-63,65-67,69-73H,4-16,19-37H2,1-3H3,(H,59,64)(H,60,68)(H,74,75)/b18-17-. The predicted molar refractivity (Wildman–Crippen MR) is 297 cm³/mol. The van der Waals surface area contributed by atoms with Crippen molar-refractivity contribution in [1.29, 1.82) is 0 Å². The molecule has 474 valence electrons. The lowest BCUT2D eigenvalue weighted by Crippen LogP contribution is -2.70. The first kappa shape index (κ1) is 72.7. The number of amides is 2. The van der Waals surface area contributed by atoms with Crippen molar-refractivity contribution in [2.75, 3.05) is 26.4 Å². The summed E-state index contributed by atoms with van der Waals surface area (Å²) in [6.07, 6.45) is 3.94. The van der Waals surface area contributed by atoms with E-state index >= 15 is 0 Å². The van der Waals surface area contributed by atoms with Gasteiger partial charge in [-0.2, -0.15) is 0 Å². The molecule has 0 radical (unpaired) electrons. The van der Waals surface area contributed by atoms with Crippen LogP contribution in [0.5, 0.6) is 0 Å². The first-order chi connectivity index (χ1) is 38.9. The Morgan fingerprint density at radius 1 is 0.630 bits per heavy atom. The Labute approximate surface area is 480 Å². The van der Waals surface area contributed by atoms with Gasteiger partial charge in [0.2, 0.25) is 11.8 Å². The fourth-order valence-corrected chi connectivity index (χ4v) is 10.8. The highest BCUT2D eigenvalue weighted by Gasteiger charge is 2.60. The van der Waals surface area contributed by atoms with Crippen molar-refractivity contribution in [2.45, 2.75) is 310 Å². The largest absolute Gasteiger partial charge is 0.477 e. The SMILES string of the molecule is CCCCCCCC/C=C\CCCCCCCCCC(=O)NC(COC1OC(CO)C(OC2OC(CO)C(O)C(OC3(C(=O)O)CC(O)C(NC(C)=O)C(C(O)C(O)CO)O3)C2O)C(O)C1O)C(O)CCCCCCCCCCCC.